The molecule has 0 heterocycles. The molecule has 2 aromatic carbocycles. The summed E-state index contributed by atoms with van der Waals surface area (Å²) >= 11 is 5.76. The minimum Gasteiger partial charge on any atom is -0.347 e. The van der Waals surface area contributed by atoms with Crippen molar-refractivity contribution in [1.82, 2.24) is 5.32 Å². The van der Waals surface area contributed by atoms with Crippen LogP contribution in [-0.2, 0) is 17.5 Å². The van der Waals surface area contributed by atoms with Gasteiger partial charge in [0.1, 0.15) is 11.6 Å². The quantitative estimate of drug-likeness (QED) is 0.637. The highest BCUT2D eigenvalue weighted by Crippen LogP contribution is 2.32. The van der Waals surface area contributed by atoms with Gasteiger partial charge in [-0.25, -0.2) is 0 Å². The van der Waals surface area contributed by atoms with E-state index in [0.717, 1.165) is 17.7 Å². The fourth-order valence-electron chi connectivity index (χ4n) is 2.06. The summed E-state index contributed by atoms with van der Waals surface area (Å²) < 4.78 is 38.9. The van der Waals surface area contributed by atoms with Gasteiger partial charge in [0.2, 0.25) is 0 Å². The van der Waals surface area contributed by atoms with Crippen LogP contribution in [0.4, 0.5) is 13.2 Å². The molecule has 0 spiro atoms. The zero-order valence-electron chi connectivity index (χ0n) is 12.8. The molecule has 2 rings (SSSR count). The summed E-state index contributed by atoms with van der Waals surface area (Å²) in [4.78, 5) is 12.1. The first-order chi connectivity index (χ1) is 11.8. The lowest BCUT2D eigenvalue weighted by Gasteiger charge is -2.10. The van der Waals surface area contributed by atoms with E-state index in [0.29, 0.717) is 5.02 Å². The lowest BCUT2D eigenvalue weighted by atomic mass is 10.0. The molecule has 7 heteroatoms. The number of amides is 1. The molecule has 0 aliphatic carbocycles. The Hall–Kier alpha value is -2.78. The summed E-state index contributed by atoms with van der Waals surface area (Å²) in [6.45, 7) is 0.121. The first-order valence-corrected chi connectivity index (χ1v) is 7.49. The van der Waals surface area contributed by atoms with Crippen LogP contribution in [0.15, 0.2) is 54.1 Å². The summed E-state index contributed by atoms with van der Waals surface area (Å²) in [6, 6.07) is 13.0. The second kappa shape index (κ2) is 7.86. The van der Waals surface area contributed by atoms with Crippen molar-refractivity contribution in [2.24, 2.45) is 0 Å². The number of benzene rings is 2. The normalized spacial score (nSPS) is 11.7. The van der Waals surface area contributed by atoms with Crippen molar-refractivity contribution >= 4 is 23.6 Å². The van der Waals surface area contributed by atoms with Crippen LogP contribution >= 0.6 is 11.6 Å². The van der Waals surface area contributed by atoms with Crippen molar-refractivity contribution in [2.75, 3.05) is 0 Å². The van der Waals surface area contributed by atoms with Gasteiger partial charge in [0.05, 0.1) is 5.56 Å². The van der Waals surface area contributed by atoms with Crippen molar-refractivity contribution in [1.29, 1.82) is 5.26 Å². The number of alkyl halides is 3. The summed E-state index contributed by atoms with van der Waals surface area (Å²) in [5.41, 5.74) is -0.821. The van der Waals surface area contributed by atoms with Crippen molar-refractivity contribution in [3.05, 3.63) is 75.8 Å². The van der Waals surface area contributed by atoms with E-state index in [9.17, 15) is 18.0 Å². The second-order valence-electron chi connectivity index (χ2n) is 5.06. The van der Waals surface area contributed by atoms with Gasteiger partial charge in [0.25, 0.3) is 5.91 Å². The van der Waals surface area contributed by atoms with Crippen LogP contribution in [-0.4, -0.2) is 5.91 Å². The standard InChI is InChI=1S/C18H12ClF3N2O/c19-15-7-5-12(6-8-15)11-24-17(25)14(10-23)9-13-3-1-2-4-16(13)18(20,21)22/h1-9H,11H2,(H,24,25). The number of carbonyl (C=O) groups is 1. The Balaban J connectivity index is 2.19. The number of nitriles is 1. The van der Waals surface area contributed by atoms with Crippen molar-refractivity contribution in [3.63, 3.8) is 0 Å². The Kier molecular flexibility index (Phi) is 5.84. The maximum Gasteiger partial charge on any atom is 0.416 e. The first-order valence-electron chi connectivity index (χ1n) is 7.12. The second-order valence-corrected chi connectivity index (χ2v) is 5.50. The minimum absolute atomic E-state index is 0.121. The Morgan fingerprint density at radius 1 is 1.16 bits per heavy atom. The molecule has 0 unspecified atom stereocenters. The fraction of sp³-hybridized carbons (Fsp3) is 0.111. The number of rotatable bonds is 4. The van der Waals surface area contributed by atoms with E-state index < -0.39 is 23.2 Å². The molecule has 0 bridgehead atoms. The topological polar surface area (TPSA) is 52.9 Å². The number of nitrogens with one attached hydrogen (secondary N) is 1. The van der Waals surface area contributed by atoms with Crippen LogP contribution < -0.4 is 5.32 Å². The van der Waals surface area contributed by atoms with Gasteiger partial charge in [-0.05, 0) is 35.4 Å². The van der Waals surface area contributed by atoms with Crippen LogP contribution in [0.25, 0.3) is 6.08 Å². The fourth-order valence-corrected chi connectivity index (χ4v) is 2.19. The van der Waals surface area contributed by atoms with E-state index >= 15 is 0 Å². The van der Waals surface area contributed by atoms with Crippen LogP contribution in [0.5, 0.6) is 0 Å². The highest BCUT2D eigenvalue weighted by molar-refractivity contribution is 6.30. The van der Waals surface area contributed by atoms with Gasteiger partial charge in [-0.15, -0.1) is 0 Å². The smallest absolute Gasteiger partial charge is 0.347 e. The highest BCUT2D eigenvalue weighted by atomic mass is 35.5. The maximum absolute atomic E-state index is 13.0. The maximum atomic E-state index is 13.0. The number of nitrogens with zero attached hydrogens (tertiary/aromatic N) is 1. The molecule has 0 atom stereocenters. The third-order valence-electron chi connectivity index (χ3n) is 3.30. The van der Waals surface area contributed by atoms with Gasteiger partial charge in [0, 0.05) is 11.6 Å². The molecule has 0 aliphatic rings. The molecule has 3 nitrogen and oxygen atoms in total. The van der Waals surface area contributed by atoms with Gasteiger partial charge in [-0.2, -0.15) is 18.4 Å². The highest BCUT2D eigenvalue weighted by Gasteiger charge is 2.32. The number of halogens is 4. The van der Waals surface area contributed by atoms with E-state index in [-0.39, 0.29) is 12.1 Å². The Morgan fingerprint density at radius 2 is 1.80 bits per heavy atom. The van der Waals surface area contributed by atoms with Crippen molar-refractivity contribution in [3.8, 4) is 6.07 Å². The molecule has 128 valence electrons. The Labute approximate surface area is 147 Å². The van der Waals surface area contributed by atoms with Crippen LogP contribution in [0, 0.1) is 11.3 Å². The number of hydrogen-bond acceptors (Lipinski definition) is 2. The van der Waals surface area contributed by atoms with Crippen molar-refractivity contribution in [2.45, 2.75) is 12.7 Å². The lowest BCUT2D eigenvalue weighted by Crippen LogP contribution is -2.24. The Bertz CT molecular complexity index is 837. The third kappa shape index (κ3) is 5.10. The molecule has 0 radical (unpaired) electrons. The number of carbonyl (C=O) groups excluding carboxylic acids is 1. The van der Waals surface area contributed by atoms with Crippen LogP contribution in [0.2, 0.25) is 5.02 Å². The molecule has 0 saturated heterocycles. The SMILES string of the molecule is N#CC(=Cc1ccccc1C(F)(F)F)C(=O)NCc1ccc(Cl)cc1. The van der Waals surface area contributed by atoms with Crippen LogP contribution in [0.1, 0.15) is 16.7 Å². The monoisotopic (exact) mass is 364 g/mol. The third-order valence-corrected chi connectivity index (χ3v) is 3.55. The van der Waals surface area contributed by atoms with Gasteiger partial charge in [-0.1, -0.05) is 41.9 Å². The van der Waals surface area contributed by atoms with Gasteiger partial charge in [0.15, 0.2) is 0 Å². The van der Waals surface area contributed by atoms with Crippen LogP contribution in [0.3, 0.4) is 0 Å². The molecule has 0 aliphatic heterocycles. The van der Waals surface area contributed by atoms with E-state index in [1.165, 1.54) is 18.2 Å². The largest absolute Gasteiger partial charge is 0.416 e. The Morgan fingerprint density at radius 3 is 2.40 bits per heavy atom. The summed E-state index contributed by atoms with van der Waals surface area (Å²) in [7, 11) is 0. The predicted molar refractivity (Wildman–Crippen MR) is 88.3 cm³/mol. The number of hydrogen-bond donors (Lipinski definition) is 1. The van der Waals surface area contributed by atoms with E-state index in [1.54, 1.807) is 30.3 Å². The molecule has 0 aromatic heterocycles. The molecule has 0 fully saturated rings. The molecule has 1 amide bonds. The van der Waals surface area contributed by atoms with Gasteiger partial charge < -0.3 is 5.32 Å². The average Bonchev–Trinajstić information content (AvgIpc) is 2.58. The molecule has 1 N–H and O–H groups in total. The predicted octanol–water partition coefficient (Wildman–Crippen LogP) is 4.58. The van der Waals surface area contributed by atoms with E-state index in [4.69, 9.17) is 16.9 Å². The first kappa shape index (κ1) is 18.6. The van der Waals surface area contributed by atoms with Gasteiger partial charge in [-0.3, -0.25) is 4.79 Å². The zero-order valence-corrected chi connectivity index (χ0v) is 13.5. The summed E-state index contributed by atoms with van der Waals surface area (Å²) in [6.07, 6.45) is -3.65. The lowest BCUT2D eigenvalue weighted by molar-refractivity contribution is -0.137. The average molecular weight is 365 g/mol. The molecule has 0 saturated carbocycles. The van der Waals surface area contributed by atoms with Crippen molar-refractivity contribution < 1.29 is 18.0 Å². The van der Waals surface area contributed by atoms with Gasteiger partial charge >= 0.3 is 6.18 Å². The summed E-state index contributed by atoms with van der Waals surface area (Å²) in [5, 5.41) is 12.1. The van der Waals surface area contributed by atoms with E-state index in [1.807, 2.05) is 0 Å². The minimum atomic E-state index is -4.58. The molecule has 2 aromatic rings. The molecule has 25 heavy (non-hydrogen) atoms. The molecular formula is C18H12ClF3N2O. The molecular weight excluding hydrogens is 353 g/mol. The zero-order chi connectivity index (χ0) is 18.4. The summed E-state index contributed by atoms with van der Waals surface area (Å²) in [5.74, 6) is -0.755. The van der Waals surface area contributed by atoms with E-state index in [2.05, 4.69) is 5.32 Å².